The molecule has 104 valence electrons. The number of aliphatic hydroxyl groups excluding tert-OH is 1. The first-order valence-electron chi connectivity index (χ1n) is 6.27. The molecule has 0 amide bonds. The van der Waals surface area contributed by atoms with Gasteiger partial charge in [0, 0.05) is 13.1 Å². The van der Waals surface area contributed by atoms with Gasteiger partial charge in [-0.15, -0.1) is 0 Å². The maximum Gasteiger partial charge on any atom is 0.131 e. The zero-order valence-electron chi connectivity index (χ0n) is 10.5. The summed E-state index contributed by atoms with van der Waals surface area (Å²) in [6, 6.07) is 3.55. The molecule has 0 saturated carbocycles. The molecule has 1 aliphatic heterocycles. The first-order valence-corrected chi connectivity index (χ1v) is 6.27. The van der Waals surface area contributed by atoms with Crippen LogP contribution >= 0.6 is 0 Å². The molecule has 0 radical (unpaired) electrons. The lowest BCUT2D eigenvalue weighted by molar-refractivity contribution is 0.145. The summed E-state index contributed by atoms with van der Waals surface area (Å²) in [4.78, 5) is 0. The zero-order chi connectivity index (χ0) is 13.7. The molecule has 19 heavy (non-hydrogen) atoms. The topological polar surface area (TPSA) is 41.5 Å². The van der Waals surface area contributed by atoms with Crippen LogP contribution in [0.25, 0.3) is 0 Å². The molecule has 2 N–H and O–H groups in total. The molecule has 0 spiro atoms. The van der Waals surface area contributed by atoms with Gasteiger partial charge in [0.05, 0.1) is 24.9 Å². The average Bonchev–Trinajstić information content (AvgIpc) is 2.40. The highest BCUT2D eigenvalue weighted by Gasteiger charge is 2.17. The van der Waals surface area contributed by atoms with Gasteiger partial charge in [-0.05, 0) is 24.1 Å². The Morgan fingerprint density at radius 1 is 1.32 bits per heavy atom. The minimum atomic E-state index is -1.20. The molecule has 5 heteroatoms. The largest absolute Gasteiger partial charge is 0.387 e. The van der Waals surface area contributed by atoms with Crippen LogP contribution in [-0.2, 0) is 4.74 Å². The van der Waals surface area contributed by atoms with E-state index in [0.717, 1.165) is 30.7 Å². The summed E-state index contributed by atoms with van der Waals surface area (Å²) in [5.74, 6) is -1.45. The van der Waals surface area contributed by atoms with E-state index in [-0.39, 0.29) is 12.1 Å². The molecule has 0 aliphatic carbocycles. The van der Waals surface area contributed by atoms with Crippen molar-refractivity contribution < 1.29 is 18.6 Å². The molecule has 1 atom stereocenters. The van der Waals surface area contributed by atoms with Gasteiger partial charge in [0.2, 0.25) is 0 Å². The van der Waals surface area contributed by atoms with Crippen LogP contribution in [0, 0.1) is 11.6 Å². The molecule has 3 nitrogen and oxygen atoms in total. The van der Waals surface area contributed by atoms with Crippen LogP contribution in [0.3, 0.4) is 0 Å². The number of hydrogen-bond donors (Lipinski definition) is 2. The maximum atomic E-state index is 13.4. The lowest BCUT2D eigenvalue weighted by Gasteiger charge is -2.17. The van der Waals surface area contributed by atoms with Crippen LogP contribution < -0.4 is 5.32 Å². The van der Waals surface area contributed by atoms with Gasteiger partial charge in [-0.3, -0.25) is 0 Å². The quantitative estimate of drug-likeness (QED) is 0.803. The van der Waals surface area contributed by atoms with Crippen molar-refractivity contribution in [1.82, 2.24) is 5.32 Å². The molecule has 0 fully saturated rings. The predicted molar refractivity (Wildman–Crippen MR) is 67.7 cm³/mol. The third-order valence-corrected chi connectivity index (χ3v) is 3.01. The molecule has 0 saturated heterocycles. The monoisotopic (exact) mass is 269 g/mol. The molecular formula is C14H17F2NO2. The molecule has 0 bridgehead atoms. The minimum absolute atomic E-state index is 0.0925. The van der Waals surface area contributed by atoms with Crippen LogP contribution in [0.4, 0.5) is 8.78 Å². The van der Waals surface area contributed by atoms with Gasteiger partial charge in [0.15, 0.2) is 0 Å². The van der Waals surface area contributed by atoms with Gasteiger partial charge in [-0.1, -0.05) is 12.1 Å². The van der Waals surface area contributed by atoms with Crippen molar-refractivity contribution >= 4 is 0 Å². The maximum absolute atomic E-state index is 13.4. The number of aliphatic hydroxyl groups is 1. The van der Waals surface area contributed by atoms with E-state index in [1.54, 1.807) is 0 Å². The smallest absolute Gasteiger partial charge is 0.131 e. The van der Waals surface area contributed by atoms with E-state index < -0.39 is 17.7 Å². The Bertz CT molecular complexity index is 443. The van der Waals surface area contributed by atoms with Crippen molar-refractivity contribution in [2.45, 2.75) is 12.5 Å². The summed E-state index contributed by atoms with van der Waals surface area (Å²) in [6.07, 6.45) is 1.75. The Labute approximate surface area is 110 Å². The SMILES string of the molecule is OC(CNCC1=CCCOC1)c1c(F)cccc1F. The van der Waals surface area contributed by atoms with Gasteiger partial charge in [-0.25, -0.2) is 8.78 Å². The second kappa shape index (κ2) is 6.75. The molecule has 1 aromatic carbocycles. The van der Waals surface area contributed by atoms with E-state index in [9.17, 15) is 13.9 Å². The summed E-state index contributed by atoms with van der Waals surface area (Å²) in [5, 5.41) is 12.8. The fourth-order valence-electron chi connectivity index (χ4n) is 2.03. The van der Waals surface area contributed by atoms with Crippen LogP contribution in [0.2, 0.25) is 0 Å². The van der Waals surface area contributed by atoms with Crippen LogP contribution in [0.5, 0.6) is 0 Å². The lowest BCUT2D eigenvalue weighted by atomic mass is 10.1. The highest BCUT2D eigenvalue weighted by Crippen LogP contribution is 2.20. The average molecular weight is 269 g/mol. The Morgan fingerprint density at radius 2 is 2.05 bits per heavy atom. The molecule has 1 heterocycles. The Morgan fingerprint density at radius 3 is 2.68 bits per heavy atom. The summed E-state index contributed by atoms with van der Waals surface area (Å²) in [6.45, 7) is 1.94. The molecule has 0 aromatic heterocycles. The molecular weight excluding hydrogens is 252 g/mol. The lowest BCUT2D eigenvalue weighted by Crippen LogP contribution is -2.26. The second-order valence-electron chi connectivity index (χ2n) is 4.49. The molecule has 1 unspecified atom stereocenters. The minimum Gasteiger partial charge on any atom is -0.387 e. The standard InChI is InChI=1S/C14H17F2NO2/c15-11-4-1-5-12(16)14(11)13(18)8-17-7-10-3-2-6-19-9-10/h1,3-5,13,17-18H,2,6-9H2. The van der Waals surface area contributed by atoms with Gasteiger partial charge < -0.3 is 15.2 Å². The molecule has 2 rings (SSSR count). The van der Waals surface area contributed by atoms with Crippen molar-refractivity contribution in [2.75, 3.05) is 26.3 Å². The first kappa shape index (κ1) is 14.1. The summed E-state index contributed by atoms with van der Waals surface area (Å²) in [7, 11) is 0. The van der Waals surface area contributed by atoms with Crippen LogP contribution in [0.15, 0.2) is 29.8 Å². The normalized spacial score (nSPS) is 17.1. The molecule has 1 aromatic rings. The Kier molecular flexibility index (Phi) is 5.01. The summed E-state index contributed by atoms with van der Waals surface area (Å²) < 4.78 is 32.1. The van der Waals surface area contributed by atoms with E-state index in [1.165, 1.54) is 6.07 Å². The van der Waals surface area contributed by atoms with Gasteiger partial charge in [0.1, 0.15) is 11.6 Å². The van der Waals surface area contributed by atoms with Crippen molar-refractivity contribution in [3.63, 3.8) is 0 Å². The number of hydrogen-bond acceptors (Lipinski definition) is 3. The molecule has 1 aliphatic rings. The fourth-order valence-corrected chi connectivity index (χ4v) is 2.03. The predicted octanol–water partition coefficient (Wildman–Crippen LogP) is 1.93. The zero-order valence-corrected chi connectivity index (χ0v) is 10.5. The van der Waals surface area contributed by atoms with Crippen molar-refractivity contribution in [1.29, 1.82) is 0 Å². The van der Waals surface area contributed by atoms with E-state index >= 15 is 0 Å². The van der Waals surface area contributed by atoms with Crippen LogP contribution in [-0.4, -0.2) is 31.4 Å². The summed E-state index contributed by atoms with van der Waals surface area (Å²) in [5.41, 5.74) is 0.802. The number of rotatable bonds is 5. The van der Waals surface area contributed by atoms with Gasteiger partial charge >= 0.3 is 0 Å². The summed E-state index contributed by atoms with van der Waals surface area (Å²) >= 11 is 0. The second-order valence-corrected chi connectivity index (χ2v) is 4.49. The highest BCUT2D eigenvalue weighted by atomic mass is 19.1. The number of benzene rings is 1. The van der Waals surface area contributed by atoms with Crippen molar-refractivity contribution in [2.24, 2.45) is 0 Å². The van der Waals surface area contributed by atoms with Gasteiger partial charge in [-0.2, -0.15) is 0 Å². The third kappa shape index (κ3) is 3.83. The third-order valence-electron chi connectivity index (χ3n) is 3.01. The van der Waals surface area contributed by atoms with Crippen LogP contribution in [0.1, 0.15) is 18.1 Å². The number of ether oxygens (including phenoxy) is 1. The van der Waals surface area contributed by atoms with Gasteiger partial charge in [0.25, 0.3) is 0 Å². The number of halogens is 2. The van der Waals surface area contributed by atoms with E-state index in [0.29, 0.717) is 13.2 Å². The number of nitrogens with one attached hydrogen (secondary N) is 1. The van der Waals surface area contributed by atoms with Crippen molar-refractivity contribution in [3.05, 3.63) is 47.0 Å². The van der Waals surface area contributed by atoms with E-state index in [2.05, 4.69) is 11.4 Å². The van der Waals surface area contributed by atoms with E-state index in [1.807, 2.05) is 0 Å². The Balaban J connectivity index is 1.87. The van der Waals surface area contributed by atoms with Crippen molar-refractivity contribution in [3.8, 4) is 0 Å². The first-order chi connectivity index (χ1) is 9.18. The van der Waals surface area contributed by atoms with E-state index in [4.69, 9.17) is 4.74 Å². The fraction of sp³-hybridized carbons (Fsp3) is 0.429. The highest BCUT2D eigenvalue weighted by molar-refractivity contribution is 5.22. The Hall–Kier alpha value is -1.30.